The van der Waals surface area contributed by atoms with Gasteiger partial charge >= 0.3 is 0 Å². The Morgan fingerprint density at radius 1 is 1.26 bits per heavy atom. The minimum atomic E-state index is 0.486. The monoisotopic (exact) mass is 276 g/mol. The molecule has 3 rings (SSSR count). The Bertz CT molecular complexity index is 547. The Balaban J connectivity index is 1.61. The third kappa shape index (κ3) is 3.10. The summed E-state index contributed by atoms with van der Waals surface area (Å²) in [7, 11) is 0. The molecule has 0 radical (unpaired) electrons. The van der Waals surface area contributed by atoms with Gasteiger partial charge in [0.2, 0.25) is 0 Å². The maximum Gasteiger partial charge on any atom is 0.132 e. The van der Waals surface area contributed by atoms with Gasteiger partial charge in [-0.25, -0.2) is 0 Å². The van der Waals surface area contributed by atoms with Crippen molar-refractivity contribution in [3.63, 3.8) is 0 Å². The molecule has 0 aliphatic heterocycles. The highest BCUT2D eigenvalue weighted by atomic mass is 35.5. The quantitative estimate of drug-likeness (QED) is 0.835. The molecule has 4 heteroatoms. The van der Waals surface area contributed by atoms with Gasteiger partial charge in [-0.3, -0.25) is 4.68 Å². The van der Waals surface area contributed by atoms with E-state index in [1.165, 1.54) is 25.7 Å². The molecule has 1 fully saturated rings. The number of hydrogen-bond acceptors (Lipinski definition) is 2. The normalized spacial score (nSPS) is 15.8. The van der Waals surface area contributed by atoms with E-state index in [0.717, 1.165) is 11.4 Å². The van der Waals surface area contributed by atoms with E-state index >= 15 is 0 Å². The molecule has 1 aliphatic rings. The Morgan fingerprint density at radius 2 is 2.11 bits per heavy atom. The molecular formula is C15H17ClN2O. The SMILES string of the molecule is Clc1cccc(OCc2ccn(C3CCCC3)n2)c1. The van der Waals surface area contributed by atoms with Gasteiger partial charge in [0.1, 0.15) is 12.4 Å². The van der Waals surface area contributed by atoms with Crippen molar-refractivity contribution in [1.29, 1.82) is 0 Å². The van der Waals surface area contributed by atoms with E-state index in [-0.39, 0.29) is 0 Å². The van der Waals surface area contributed by atoms with Crippen LogP contribution in [0, 0.1) is 0 Å². The summed E-state index contributed by atoms with van der Waals surface area (Å²) in [6.45, 7) is 0.486. The smallest absolute Gasteiger partial charge is 0.132 e. The first-order chi connectivity index (χ1) is 9.31. The van der Waals surface area contributed by atoms with Gasteiger partial charge in [-0.2, -0.15) is 5.10 Å². The fraction of sp³-hybridized carbons (Fsp3) is 0.400. The molecular weight excluding hydrogens is 260 g/mol. The number of hydrogen-bond donors (Lipinski definition) is 0. The van der Waals surface area contributed by atoms with Crippen LogP contribution in [0.4, 0.5) is 0 Å². The topological polar surface area (TPSA) is 27.1 Å². The molecule has 0 N–H and O–H groups in total. The Kier molecular flexibility index (Phi) is 3.74. The number of nitrogens with zero attached hydrogens (tertiary/aromatic N) is 2. The lowest BCUT2D eigenvalue weighted by Gasteiger charge is -2.09. The van der Waals surface area contributed by atoms with Crippen LogP contribution in [0.3, 0.4) is 0 Å². The third-order valence-corrected chi connectivity index (χ3v) is 3.78. The van der Waals surface area contributed by atoms with Crippen LogP contribution in [0.25, 0.3) is 0 Å². The standard InChI is InChI=1S/C15H17ClN2O/c16-12-4-3-7-15(10-12)19-11-13-8-9-18(17-13)14-5-1-2-6-14/h3-4,7-10,14H,1-2,5-6,11H2. The molecule has 0 spiro atoms. The van der Waals surface area contributed by atoms with Gasteiger partial charge in [-0.05, 0) is 37.1 Å². The first kappa shape index (κ1) is 12.5. The number of benzene rings is 1. The van der Waals surface area contributed by atoms with Crippen LogP contribution in [-0.2, 0) is 6.61 Å². The molecule has 100 valence electrons. The maximum absolute atomic E-state index is 5.92. The fourth-order valence-electron chi connectivity index (χ4n) is 2.54. The zero-order chi connectivity index (χ0) is 13.1. The summed E-state index contributed by atoms with van der Waals surface area (Å²) < 4.78 is 7.78. The largest absolute Gasteiger partial charge is 0.487 e. The van der Waals surface area contributed by atoms with E-state index in [2.05, 4.69) is 16.0 Å². The lowest BCUT2D eigenvalue weighted by Crippen LogP contribution is -2.06. The second-order valence-corrected chi connectivity index (χ2v) is 5.41. The predicted molar refractivity (Wildman–Crippen MR) is 75.5 cm³/mol. The molecule has 1 aromatic carbocycles. The second kappa shape index (κ2) is 5.66. The summed E-state index contributed by atoms with van der Waals surface area (Å²) in [5.74, 6) is 0.780. The maximum atomic E-state index is 5.92. The van der Waals surface area contributed by atoms with Crippen LogP contribution in [0.2, 0.25) is 5.02 Å². The molecule has 0 amide bonds. The minimum absolute atomic E-state index is 0.486. The highest BCUT2D eigenvalue weighted by Crippen LogP contribution is 2.28. The van der Waals surface area contributed by atoms with Crippen molar-refractivity contribution in [3.05, 3.63) is 47.2 Å². The summed E-state index contributed by atoms with van der Waals surface area (Å²) in [4.78, 5) is 0. The molecule has 0 saturated heterocycles. The van der Waals surface area contributed by atoms with Crippen LogP contribution < -0.4 is 4.74 Å². The van der Waals surface area contributed by atoms with E-state index < -0.39 is 0 Å². The van der Waals surface area contributed by atoms with Gasteiger partial charge in [0.25, 0.3) is 0 Å². The lowest BCUT2D eigenvalue weighted by atomic mass is 10.3. The second-order valence-electron chi connectivity index (χ2n) is 4.97. The zero-order valence-electron chi connectivity index (χ0n) is 10.8. The van der Waals surface area contributed by atoms with E-state index in [1.54, 1.807) is 0 Å². The molecule has 1 saturated carbocycles. The third-order valence-electron chi connectivity index (χ3n) is 3.55. The molecule has 1 heterocycles. The Hall–Kier alpha value is -1.48. The fourth-order valence-corrected chi connectivity index (χ4v) is 2.72. The summed E-state index contributed by atoms with van der Waals surface area (Å²) in [5, 5.41) is 5.28. The van der Waals surface area contributed by atoms with Crippen molar-refractivity contribution in [3.8, 4) is 5.75 Å². The van der Waals surface area contributed by atoms with Gasteiger partial charge in [-0.15, -0.1) is 0 Å². The molecule has 0 bridgehead atoms. The van der Waals surface area contributed by atoms with Crippen molar-refractivity contribution in [2.24, 2.45) is 0 Å². The summed E-state index contributed by atoms with van der Waals surface area (Å²) in [6.07, 6.45) is 7.19. The van der Waals surface area contributed by atoms with Crippen LogP contribution in [0.5, 0.6) is 5.75 Å². The lowest BCUT2D eigenvalue weighted by molar-refractivity contribution is 0.298. The number of ether oxygens (including phenoxy) is 1. The summed E-state index contributed by atoms with van der Waals surface area (Å²) in [6, 6.07) is 10.1. The van der Waals surface area contributed by atoms with Gasteiger partial charge in [0.15, 0.2) is 0 Å². The van der Waals surface area contributed by atoms with Crippen LogP contribution in [0.1, 0.15) is 37.4 Å². The van der Waals surface area contributed by atoms with E-state index in [1.807, 2.05) is 30.3 Å². The van der Waals surface area contributed by atoms with Gasteiger partial charge in [-0.1, -0.05) is 30.5 Å². The first-order valence-corrected chi connectivity index (χ1v) is 7.11. The number of aromatic nitrogens is 2. The molecule has 2 aromatic rings. The van der Waals surface area contributed by atoms with Crippen molar-refractivity contribution in [1.82, 2.24) is 9.78 Å². The van der Waals surface area contributed by atoms with Gasteiger partial charge in [0, 0.05) is 11.2 Å². The number of rotatable bonds is 4. The number of halogens is 1. The molecule has 3 nitrogen and oxygen atoms in total. The molecule has 19 heavy (non-hydrogen) atoms. The molecule has 1 aromatic heterocycles. The van der Waals surface area contributed by atoms with Crippen LogP contribution >= 0.6 is 11.6 Å². The molecule has 0 atom stereocenters. The van der Waals surface area contributed by atoms with Crippen LogP contribution in [-0.4, -0.2) is 9.78 Å². The first-order valence-electron chi connectivity index (χ1n) is 6.74. The Morgan fingerprint density at radius 3 is 2.89 bits per heavy atom. The average molecular weight is 277 g/mol. The van der Waals surface area contributed by atoms with Crippen molar-refractivity contribution >= 4 is 11.6 Å². The summed E-state index contributed by atoms with van der Waals surface area (Å²) in [5.41, 5.74) is 0.965. The average Bonchev–Trinajstić information content (AvgIpc) is 3.07. The van der Waals surface area contributed by atoms with Crippen molar-refractivity contribution < 1.29 is 4.74 Å². The molecule has 0 unspecified atom stereocenters. The van der Waals surface area contributed by atoms with Gasteiger partial charge < -0.3 is 4.74 Å². The predicted octanol–water partition coefficient (Wildman–Crippen LogP) is 4.23. The van der Waals surface area contributed by atoms with E-state index in [9.17, 15) is 0 Å². The van der Waals surface area contributed by atoms with Gasteiger partial charge in [0.05, 0.1) is 11.7 Å². The van der Waals surface area contributed by atoms with Crippen molar-refractivity contribution in [2.75, 3.05) is 0 Å². The molecule has 1 aliphatic carbocycles. The summed E-state index contributed by atoms with van der Waals surface area (Å²) >= 11 is 5.92. The highest BCUT2D eigenvalue weighted by molar-refractivity contribution is 6.30. The van der Waals surface area contributed by atoms with Crippen LogP contribution in [0.15, 0.2) is 36.5 Å². The Labute approximate surface area is 118 Å². The van der Waals surface area contributed by atoms with Crippen molar-refractivity contribution in [2.45, 2.75) is 38.3 Å². The van der Waals surface area contributed by atoms with E-state index in [4.69, 9.17) is 16.3 Å². The highest BCUT2D eigenvalue weighted by Gasteiger charge is 2.17. The minimum Gasteiger partial charge on any atom is -0.487 e. The van der Waals surface area contributed by atoms with E-state index in [0.29, 0.717) is 17.7 Å². The zero-order valence-corrected chi connectivity index (χ0v) is 11.5.